The molecule has 0 spiro atoms. The first kappa shape index (κ1) is 15.9. The van der Waals surface area contributed by atoms with E-state index in [1.54, 1.807) is 0 Å². The zero-order valence-corrected chi connectivity index (χ0v) is 11.0. The summed E-state index contributed by atoms with van der Waals surface area (Å²) < 4.78 is 4.95. The van der Waals surface area contributed by atoms with Crippen LogP contribution in [0.5, 0.6) is 0 Å². The number of hydrogen-bond donors (Lipinski definition) is 2. The molecule has 0 heterocycles. The topological polar surface area (TPSA) is 67.4 Å². The van der Waals surface area contributed by atoms with Gasteiger partial charge in [0.15, 0.2) is 0 Å². The van der Waals surface area contributed by atoms with Crippen LogP contribution in [-0.4, -0.2) is 37.6 Å². The van der Waals surface area contributed by atoms with Crippen LogP contribution >= 0.6 is 0 Å². The van der Waals surface area contributed by atoms with Gasteiger partial charge < -0.3 is 15.4 Å². The van der Waals surface area contributed by atoms with Gasteiger partial charge in [-0.1, -0.05) is 13.3 Å². The number of carbonyl (C=O) groups is 2. The van der Waals surface area contributed by atoms with Crippen LogP contribution < -0.4 is 10.6 Å². The SMILES string of the molecule is CCCCOC(=O)CNCCC(=O)NC(C)C. The van der Waals surface area contributed by atoms with Crippen molar-refractivity contribution in [3.8, 4) is 0 Å². The van der Waals surface area contributed by atoms with Gasteiger partial charge in [0, 0.05) is 19.0 Å². The summed E-state index contributed by atoms with van der Waals surface area (Å²) >= 11 is 0. The molecule has 0 aromatic rings. The summed E-state index contributed by atoms with van der Waals surface area (Å²) in [7, 11) is 0. The van der Waals surface area contributed by atoms with Crippen molar-refractivity contribution in [1.82, 2.24) is 10.6 Å². The summed E-state index contributed by atoms with van der Waals surface area (Å²) in [5.74, 6) is -0.269. The Morgan fingerprint density at radius 2 is 2.00 bits per heavy atom. The molecule has 0 aliphatic rings. The fraction of sp³-hybridized carbons (Fsp3) is 0.833. The standard InChI is InChI=1S/C12H24N2O3/c1-4-5-8-17-12(16)9-13-7-6-11(15)14-10(2)3/h10,13H,4-9H2,1-3H3,(H,14,15). The van der Waals surface area contributed by atoms with E-state index in [9.17, 15) is 9.59 Å². The second kappa shape index (κ2) is 10.1. The average molecular weight is 244 g/mol. The molecule has 5 heteroatoms. The number of esters is 1. The predicted molar refractivity (Wildman–Crippen MR) is 66.6 cm³/mol. The minimum absolute atomic E-state index is 0.00755. The molecule has 5 nitrogen and oxygen atoms in total. The molecule has 0 unspecified atom stereocenters. The highest BCUT2D eigenvalue weighted by molar-refractivity contribution is 5.76. The first-order valence-corrected chi connectivity index (χ1v) is 6.22. The lowest BCUT2D eigenvalue weighted by Gasteiger charge is -2.08. The Morgan fingerprint density at radius 1 is 1.29 bits per heavy atom. The van der Waals surface area contributed by atoms with Crippen molar-refractivity contribution in [3.05, 3.63) is 0 Å². The van der Waals surface area contributed by atoms with Crippen molar-refractivity contribution in [3.63, 3.8) is 0 Å². The van der Waals surface area contributed by atoms with Crippen molar-refractivity contribution in [2.75, 3.05) is 19.7 Å². The Hall–Kier alpha value is -1.10. The Morgan fingerprint density at radius 3 is 2.59 bits per heavy atom. The van der Waals surface area contributed by atoms with Gasteiger partial charge in [0.05, 0.1) is 13.2 Å². The monoisotopic (exact) mass is 244 g/mol. The number of unbranched alkanes of at least 4 members (excludes halogenated alkanes) is 1. The molecule has 0 aliphatic heterocycles. The number of rotatable bonds is 9. The maximum absolute atomic E-state index is 11.2. The summed E-state index contributed by atoms with van der Waals surface area (Å²) in [5.41, 5.74) is 0. The van der Waals surface area contributed by atoms with Crippen molar-refractivity contribution in [1.29, 1.82) is 0 Å². The first-order valence-electron chi connectivity index (χ1n) is 6.22. The molecule has 100 valence electrons. The molecule has 2 N–H and O–H groups in total. The third-order valence-corrected chi connectivity index (χ3v) is 2.01. The van der Waals surface area contributed by atoms with Gasteiger partial charge in [-0.15, -0.1) is 0 Å². The van der Waals surface area contributed by atoms with Crippen LogP contribution in [0.15, 0.2) is 0 Å². The van der Waals surface area contributed by atoms with Crippen LogP contribution in [0.25, 0.3) is 0 Å². The third-order valence-electron chi connectivity index (χ3n) is 2.01. The molecular formula is C12H24N2O3. The Balaban J connectivity index is 3.38. The van der Waals surface area contributed by atoms with Gasteiger partial charge in [0.25, 0.3) is 0 Å². The predicted octanol–water partition coefficient (Wildman–Crippen LogP) is 0.834. The molecular weight excluding hydrogens is 220 g/mol. The molecule has 0 bridgehead atoms. The Kier molecular flexibility index (Phi) is 9.43. The Bertz CT molecular complexity index is 230. The van der Waals surface area contributed by atoms with Gasteiger partial charge in [-0.05, 0) is 20.3 Å². The van der Waals surface area contributed by atoms with E-state index in [0.717, 1.165) is 12.8 Å². The average Bonchev–Trinajstić information content (AvgIpc) is 2.24. The lowest BCUT2D eigenvalue weighted by Crippen LogP contribution is -2.34. The molecule has 0 aliphatic carbocycles. The first-order chi connectivity index (χ1) is 8.06. The van der Waals surface area contributed by atoms with E-state index in [-0.39, 0.29) is 24.5 Å². The highest BCUT2D eigenvalue weighted by Gasteiger charge is 2.04. The van der Waals surface area contributed by atoms with E-state index in [1.807, 2.05) is 20.8 Å². The quantitative estimate of drug-likeness (QED) is 0.466. The molecule has 1 amide bonds. The summed E-state index contributed by atoms with van der Waals surface area (Å²) in [5, 5.41) is 5.66. The molecule has 0 rings (SSSR count). The van der Waals surface area contributed by atoms with Crippen molar-refractivity contribution >= 4 is 11.9 Å². The van der Waals surface area contributed by atoms with E-state index in [2.05, 4.69) is 10.6 Å². The van der Waals surface area contributed by atoms with Gasteiger partial charge >= 0.3 is 5.97 Å². The highest BCUT2D eigenvalue weighted by Crippen LogP contribution is 1.88. The van der Waals surface area contributed by atoms with Gasteiger partial charge in [-0.3, -0.25) is 9.59 Å². The summed E-state index contributed by atoms with van der Waals surface area (Å²) in [4.78, 5) is 22.4. The second-order valence-electron chi connectivity index (χ2n) is 4.22. The summed E-state index contributed by atoms with van der Waals surface area (Å²) in [6, 6.07) is 0.154. The number of nitrogens with one attached hydrogen (secondary N) is 2. The van der Waals surface area contributed by atoms with Crippen molar-refractivity contribution in [2.24, 2.45) is 0 Å². The minimum atomic E-state index is -0.261. The normalized spacial score (nSPS) is 10.4. The minimum Gasteiger partial charge on any atom is -0.465 e. The van der Waals surface area contributed by atoms with Gasteiger partial charge in [0.2, 0.25) is 5.91 Å². The zero-order valence-electron chi connectivity index (χ0n) is 11.0. The smallest absolute Gasteiger partial charge is 0.319 e. The Labute approximate surface area is 103 Å². The van der Waals surface area contributed by atoms with Crippen LogP contribution in [-0.2, 0) is 14.3 Å². The van der Waals surface area contributed by atoms with Crippen molar-refractivity contribution < 1.29 is 14.3 Å². The van der Waals surface area contributed by atoms with E-state index in [4.69, 9.17) is 4.74 Å². The fourth-order valence-corrected chi connectivity index (χ4v) is 1.17. The van der Waals surface area contributed by atoms with E-state index in [0.29, 0.717) is 19.6 Å². The summed E-state index contributed by atoms with van der Waals surface area (Å²) in [6.45, 7) is 7.00. The molecule has 0 saturated carbocycles. The number of hydrogen-bond acceptors (Lipinski definition) is 4. The molecule has 0 saturated heterocycles. The van der Waals surface area contributed by atoms with E-state index in [1.165, 1.54) is 0 Å². The van der Waals surface area contributed by atoms with Crippen molar-refractivity contribution in [2.45, 2.75) is 46.1 Å². The van der Waals surface area contributed by atoms with Crippen LogP contribution in [0.3, 0.4) is 0 Å². The molecule has 0 atom stereocenters. The van der Waals surface area contributed by atoms with Crippen LogP contribution in [0, 0.1) is 0 Å². The largest absolute Gasteiger partial charge is 0.465 e. The highest BCUT2D eigenvalue weighted by atomic mass is 16.5. The lowest BCUT2D eigenvalue weighted by atomic mass is 10.3. The molecule has 0 aromatic heterocycles. The maximum Gasteiger partial charge on any atom is 0.319 e. The second-order valence-corrected chi connectivity index (χ2v) is 4.22. The van der Waals surface area contributed by atoms with E-state index >= 15 is 0 Å². The van der Waals surface area contributed by atoms with Gasteiger partial charge in [-0.2, -0.15) is 0 Å². The van der Waals surface area contributed by atoms with Crippen LogP contribution in [0.1, 0.15) is 40.0 Å². The maximum atomic E-state index is 11.2. The number of carbonyl (C=O) groups excluding carboxylic acids is 2. The summed E-state index contributed by atoms with van der Waals surface area (Å²) in [6.07, 6.45) is 2.28. The molecule has 17 heavy (non-hydrogen) atoms. The van der Waals surface area contributed by atoms with Crippen LogP contribution in [0.4, 0.5) is 0 Å². The number of ether oxygens (including phenoxy) is 1. The van der Waals surface area contributed by atoms with Gasteiger partial charge in [0.1, 0.15) is 0 Å². The number of amides is 1. The molecule has 0 radical (unpaired) electrons. The molecule has 0 aromatic carbocycles. The third kappa shape index (κ3) is 11.2. The lowest BCUT2D eigenvalue weighted by molar-refractivity contribution is -0.142. The van der Waals surface area contributed by atoms with Gasteiger partial charge in [-0.25, -0.2) is 0 Å². The molecule has 0 fully saturated rings. The van der Waals surface area contributed by atoms with Crippen LogP contribution in [0.2, 0.25) is 0 Å². The fourth-order valence-electron chi connectivity index (χ4n) is 1.17. The zero-order chi connectivity index (χ0) is 13.1. The van der Waals surface area contributed by atoms with E-state index < -0.39 is 0 Å².